The molecular formula is C14H14FNOS. The molecule has 0 saturated heterocycles. The molecule has 0 saturated carbocycles. The Hall–Kier alpha value is -1.68. The lowest BCUT2D eigenvalue weighted by molar-refractivity contribution is 0.414. The quantitative estimate of drug-likeness (QED) is 0.674. The minimum atomic E-state index is -0.300. The van der Waals surface area contributed by atoms with Gasteiger partial charge in [0.1, 0.15) is 11.6 Å². The Balaban J connectivity index is 2.02. The minimum Gasteiger partial charge on any atom is -0.497 e. The van der Waals surface area contributed by atoms with Gasteiger partial charge in [0.15, 0.2) is 0 Å². The number of nitrogens with two attached hydrogens (primary N) is 1. The second-order valence-corrected chi connectivity index (χ2v) is 4.86. The summed E-state index contributed by atoms with van der Waals surface area (Å²) in [5.41, 5.74) is 7.20. The van der Waals surface area contributed by atoms with E-state index in [0.29, 0.717) is 5.69 Å². The van der Waals surface area contributed by atoms with Gasteiger partial charge in [-0.3, -0.25) is 0 Å². The van der Waals surface area contributed by atoms with Gasteiger partial charge in [0.05, 0.1) is 7.11 Å². The van der Waals surface area contributed by atoms with Gasteiger partial charge in [0.2, 0.25) is 0 Å². The molecule has 0 unspecified atom stereocenters. The van der Waals surface area contributed by atoms with E-state index >= 15 is 0 Å². The van der Waals surface area contributed by atoms with Crippen molar-refractivity contribution in [2.45, 2.75) is 10.6 Å². The predicted octanol–water partition coefficient (Wildman–Crippen LogP) is 3.71. The molecule has 2 nitrogen and oxygen atoms in total. The van der Waals surface area contributed by atoms with Crippen LogP contribution < -0.4 is 10.5 Å². The topological polar surface area (TPSA) is 35.2 Å². The molecule has 2 aromatic rings. The van der Waals surface area contributed by atoms with Crippen LogP contribution >= 0.6 is 11.8 Å². The van der Waals surface area contributed by atoms with E-state index in [2.05, 4.69) is 0 Å². The molecule has 2 rings (SSSR count). The third kappa shape index (κ3) is 3.17. The zero-order valence-electron chi connectivity index (χ0n) is 10.0. The fraction of sp³-hybridized carbons (Fsp3) is 0.143. The Labute approximate surface area is 110 Å². The predicted molar refractivity (Wildman–Crippen MR) is 73.4 cm³/mol. The van der Waals surface area contributed by atoms with Gasteiger partial charge < -0.3 is 10.5 Å². The molecule has 0 aliphatic carbocycles. The number of hydrogen-bond donors (Lipinski definition) is 1. The van der Waals surface area contributed by atoms with Gasteiger partial charge in [-0.1, -0.05) is 6.07 Å². The monoisotopic (exact) mass is 263 g/mol. The first-order valence-corrected chi connectivity index (χ1v) is 6.48. The van der Waals surface area contributed by atoms with Gasteiger partial charge in [-0.2, -0.15) is 0 Å². The van der Waals surface area contributed by atoms with Crippen molar-refractivity contribution in [3.63, 3.8) is 0 Å². The number of rotatable bonds is 4. The molecule has 2 aromatic carbocycles. The fourth-order valence-electron chi connectivity index (χ4n) is 1.53. The molecule has 0 radical (unpaired) electrons. The summed E-state index contributed by atoms with van der Waals surface area (Å²) in [6, 6.07) is 12.3. The fourth-order valence-corrected chi connectivity index (χ4v) is 2.44. The Morgan fingerprint density at radius 2 is 1.89 bits per heavy atom. The summed E-state index contributed by atoms with van der Waals surface area (Å²) in [6.45, 7) is 0. The van der Waals surface area contributed by atoms with Crippen LogP contribution in [0.2, 0.25) is 0 Å². The lowest BCUT2D eigenvalue weighted by Gasteiger charge is -2.06. The summed E-state index contributed by atoms with van der Waals surface area (Å²) in [5.74, 6) is 1.25. The van der Waals surface area contributed by atoms with E-state index in [4.69, 9.17) is 10.5 Å². The van der Waals surface area contributed by atoms with Crippen molar-refractivity contribution in [1.29, 1.82) is 0 Å². The number of halogens is 1. The van der Waals surface area contributed by atoms with Crippen LogP contribution in [0.5, 0.6) is 5.75 Å². The van der Waals surface area contributed by atoms with Crippen molar-refractivity contribution < 1.29 is 9.13 Å². The lowest BCUT2D eigenvalue weighted by atomic mass is 10.2. The molecule has 0 aromatic heterocycles. The molecular weight excluding hydrogens is 249 g/mol. The summed E-state index contributed by atoms with van der Waals surface area (Å²) < 4.78 is 18.0. The Morgan fingerprint density at radius 3 is 2.50 bits per heavy atom. The minimum absolute atomic E-state index is 0.300. The van der Waals surface area contributed by atoms with Crippen LogP contribution in [0.1, 0.15) is 5.56 Å². The number of hydrogen-bond acceptors (Lipinski definition) is 3. The molecule has 0 amide bonds. The second kappa shape index (κ2) is 5.78. The average Bonchev–Trinajstić information content (AvgIpc) is 2.38. The standard InChI is InChI=1S/C14H14FNOS/c1-17-12-4-6-13(7-5-12)18-9-10-2-3-11(15)8-14(10)16/h2-8H,9,16H2,1H3. The van der Waals surface area contributed by atoms with Gasteiger partial charge >= 0.3 is 0 Å². The molecule has 94 valence electrons. The average molecular weight is 263 g/mol. The van der Waals surface area contributed by atoms with E-state index in [-0.39, 0.29) is 5.82 Å². The highest BCUT2D eigenvalue weighted by Crippen LogP contribution is 2.27. The van der Waals surface area contributed by atoms with E-state index in [9.17, 15) is 4.39 Å². The second-order valence-electron chi connectivity index (χ2n) is 3.81. The summed E-state index contributed by atoms with van der Waals surface area (Å²) in [5, 5.41) is 0. The van der Waals surface area contributed by atoms with Crippen molar-refractivity contribution >= 4 is 17.4 Å². The maximum Gasteiger partial charge on any atom is 0.125 e. The first kappa shape index (κ1) is 12.8. The third-order valence-corrected chi connectivity index (χ3v) is 3.62. The first-order valence-electron chi connectivity index (χ1n) is 5.50. The molecule has 0 atom stereocenters. The van der Waals surface area contributed by atoms with Crippen LogP contribution in [0.15, 0.2) is 47.4 Å². The van der Waals surface area contributed by atoms with E-state index in [1.54, 1.807) is 24.9 Å². The maximum absolute atomic E-state index is 12.9. The van der Waals surface area contributed by atoms with E-state index in [1.165, 1.54) is 12.1 Å². The third-order valence-electron chi connectivity index (χ3n) is 2.56. The van der Waals surface area contributed by atoms with Gasteiger partial charge in [0.25, 0.3) is 0 Å². The molecule has 4 heteroatoms. The molecule has 0 aliphatic heterocycles. The zero-order valence-corrected chi connectivity index (χ0v) is 10.8. The smallest absolute Gasteiger partial charge is 0.125 e. The van der Waals surface area contributed by atoms with Gasteiger partial charge in [0, 0.05) is 16.3 Å². The first-order chi connectivity index (χ1) is 8.69. The maximum atomic E-state index is 12.9. The summed E-state index contributed by atoms with van der Waals surface area (Å²) >= 11 is 1.65. The Kier molecular flexibility index (Phi) is 4.10. The van der Waals surface area contributed by atoms with Crippen molar-refractivity contribution in [3.8, 4) is 5.75 Å². The van der Waals surface area contributed by atoms with Crippen LogP contribution in [-0.2, 0) is 5.75 Å². The molecule has 0 fully saturated rings. The normalized spacial score (nSPS) is 10.3. The number of nitrogen functional groups attached to an aromatic ring is 1. The number of ether oxygens (including phenoxy) is 1. The Bertz CT molecular complexity index is 528. The van der Waals surface area contributed by atoms with Crippen molar-refractivity contribution in [2.75, 3.05) is 12.8 Å². The Morgan fingerprint density at radius 1 is 1.17 bits per heavy atom. The van der Waals surface area contributed by atoms with Crippen molar-refractivity contribution in [2.24, 2.45) is 0 Å². The van der Waals surface area contributed by atoms with Crippen molar-refractivity contribution in [3.05, 3.63) is 53.8 Å². The zero-order chi connectivity index (χ0) is 13.0. The van der Waals surface area contributed by atoms with Crippen LogP contribution in [0.3, 0.4) is 0 Å². The van der Waals surface area contributed by atoms with Gasteiger partial charge in [-0.25, -0.2) is 4.39 Å². The van der Waals surface area contributed by atoms with Crippen LogP contribution in [0, 0.1) is 5.82 Å². The summed E-state index contributed by atoms with van der Waals surface area (Å²) in [7, 11) is 1.64. The number of anilines is 1. The van der Waals surface area contributed by atoms with E-state index in [1.807, 2.05) is 24.3 Å². The van der Waals surface area contributed by atoms with Gasteiger partial charge in [-0.15, -0.1) is 11.8 Å². The highest BCUT2D eigenvalue weighted by molar-refractivity contribution is 7.98. The summed E-state index contributed by atoms with van der Waals surface area (Å²) in [6.07, 6.45) is 0. The van der Waals surface area contributed by atoms with Crippen LogP contribution in [0.4, 0.5) is 10.1 Å². The summed E-state index contributed by atoms with van der Waals surface area (Å²) in [4.78, 5) is 1.12. The van der Waals surface area contributed by atoms with Crippen molar-refractivity contribution in [1.82, 2.24) is 0 Å². The molecule has 0 spiro atoms. The molecule has 18 heavy (non-hydrogen) atoms. The molecule has 2 N–H and O–H groups in total. The lowest BCUT2D eigenvalue weighted by Crippen LogP contribution is -1.93. The van der Waals surface area contributed by atoms with Crippen LogP contribution in [0.25, 0.3) is 0 Å². The van der Waals surface area contributed by atoms with Crippen LogP contribution in [-0.4, -0.2) is 7.11 Å². The van der Waals surface area contributed by atoms with Gasteiger partial charge in [-0.05, 0) is 42.0 Å². The number of benzene rings is 2. The number of thioether (sulfide) groups is 1. The molecule has 0 bridgehead atoms. The molecule has 0 heterocycles. The van der Waals surface area contributed by atoms with E-state index < -0.39 is 0 Å². The number of methoxy groups -OCH3 is 1. The van der Waals surface area contributed by atoms with E-state index in [0.717, 1.165) is 22.0 Å². The highest BCUT2D eigenvalue weighted by Gasteiger charge is 2.02. The largest absolute Gasteiger partial charge is 0.497 e. The molecule has 0 aliphatic rings. The highest BCUT2D eigenvalue weighted by atomic mass is 32.2. The SMILES string of the molecule is COc1ccc(SCc2ccc(F)cc2N)cc1.